The Morgan fingerprint density at radius 1 is 0.595 bits per heavy atom. The van der Waals surface area contributed by atoms with Gasteiger partial charge in [-0.25, -0.2) is 0 Å². The van der Waals surface area contributed by atoms with E-state index in [2.05, 4.69) is 70.5 Å². The minimum Gasteiger partial charge on any atom is -0.467 e. The van der Waals surface area contributed by atoms with Crippen molar-refractivity contribution in [2.24, 2.45) is 0 Å². The van der Waals surface area contributed by atoms with Gasteiger partial charge < -0.3 is 28.4 Å². The van der Waals surface area contributed by atoms with Crippen LogP contribution in [0.3, 0.4) is 0 Å². The first kappa shape index (κ1) is 28.9. The normalized spacial score (nSPS) is 16.7. The van der Waals surface area contributed by atoms with Gasteiger partial charge in [-0.3, -0.25) is 9.80 Å². The van der Waals surface area contributed by atoms with Crippen LogP contribution in [0.15, 0.2) is 60.7 Å². The third kappa shape index (κ3) is 6.24. The summed E-state index contributed by atoms with van der Waals surface area (Å²) in [4.78, 5) is 4.85. The van der Waals surface area contributed by atoms with Crippen molar-refractivity contribution >= 4 is 21.5 Å². The second kappa shape index (κ2) is 13.8. The van der Waals surface area contributed by atoms with E-state index in [4.69, 9.17) is 28.4 Å². The van der Waals surface area contributed by atoms with Crippen LogP contribution in [-0.4, -0.2) is 90.2 Å². The summed E-state index contributed by atoms with van der Waals surface area (Å²) in [6.45, 7) is 8.24. The first-order chi connectivity index (χ1) is 20.8. The van der Waals surface area contributed by atoms with Crippen LogP contribution >= 0.6 is 0 Å². The maximum atomic E-state index is 6.53. The van der Waals surface area contributed by atoms with Gasteiger partial charge in [0, 0.05) is 75.7 Å². The van der Waals surface area contributed by atoms with Gasteiger partial charge in [-0.05, 0) is 33.7 Å². The highest BCUT2D eigenvalue weighted by Gasteiger charge is 2.26. The molecule has 8 nitrogen and oxygen atoms in total. The molecule has 0 N–H and O–H groups in total. The molecular weight excluding hydrogens is 532 g/mol. The summed E-state index contributed by atoms with van der Waals surface area (Å²) >= 11 is 0. The molecule has 0 bridgehead atoms. The zero-order chi connectivity index (χ0) is 28.7. The van der Waals surface area contributed by atoms with E-state index in [1.165, 1.54) is 0 Å². The Bertz CT molecular complexity index is 1380. The lowest BCUT2D eigenvalue weighted by Gasteiger charge is -2.30. The Morgan fingerprint density at radius 2 is 1.00 bits per heavy atom. The van der Waals surface area contributed by atoms with Crippen molar-refractivity contribution in [1.29, 1.82) is 0 Å². The lowest BCUT2D eigenvalue weighted by Crippen LogP contribution is -2.35. The summed E-state index contributed by atoms with van der Waals surface area (Å²) in [5.74, 6) is 1.64. The zero-order valence-corrected chi connectivity index (χ0v) is 24.6. The molecule has 6 rings (SSSR count). The van der Waals surface area contributed by atoms with Crippen molar-refractivity contribution < 1.29 is 28.4 Å². The van der Waals surface area contributed by atoms with E-state index in [0.29, 0.717) is 0 Å². The first-order valence-corrected chi connectivity index (χ1v) is 14.7. The maximum Gasteiger partial charge on any atom is 0.188 e. The van der Waals surface area contributed by atoms with E-state index in [1.54, 1.807) is 14.2 Å². The maximum absolute atomic E-state index is 6.53. The zero-order valence-electron chi connectivity index (χ0n) is 24.6. The molecule has 8 heteroatoms. The first-order valence-electron chi connectivity index (χ1n) is 14.7. The van der Waals surface area contributed by atoms with E-state index < -0.39 is 0 Å². The van der Waals surface area contributed by atoms with E-state index in [-0.39, 0.29) is 13.6 Å². The predicted octanol–water partition coefficient (Wildman–Crippen LogP) is 5.29. The lowest BCUT2D eigenvalue weighted by molar-refractivity contribution is 0.0309. The molecule has 42 heavy (non-hydrogen) atoms. The summed E-state index contributed by atoms with van der Waals surface area (Å²) in [5.41, 5.74) is 4.25. The number of ether oxygens (including phenoxy) is 6. The molecule has 222 valence electrons. The summed E-state index contributed by atoms with van der Waals surface area (Å²) in [6, 6.07) is 21.6. The molecule has 2 saturated heterocycles. The van der Waals surface area contributed by atoms with Crippen LogP contribution in [-0.2, 0) is 32.0 Å². The summed E-state index contributed by atoms with van der Waals surface area (Å²) in [7, 11) is 3.32. The third-order valence-corrected chi connectivity index (χ3v) is 8.04. The molecule has 2 aliphatic heterocycles. The fraction of sp³-hybridized carbons (Fsp3) is 0.412. The summed E-state index contributed by atoms with van der Waals surface area (Å²) in [6.07, 6.45) is 0. The number of methoxy groups -OCH3 is 2. The van der Waals surface area contributed by atoms with Crippen molar-refractivity contribution in [3.05, 3.63) is 71.8 Å². The van der Waals surface area contributed by atoms with Crippen molar-refractivity contribution in [3.63, 3.8) is 0 Å². The number of benzene rings is 4. The van der Waals surface area contributed by atoms with Crippen molar-refractivity contribution in [3.8, 4) is 22.6 Å². The summed E-state index contributed by atoms with van der Waals surface area (Å²) < 4.78 is 35.3. The second-order valence-electron chi connectivity index (χ2n) is 10.8. The van der Waals surface area contributed by atoms with Gasteiger partial charge in [0.25, 0.3) is 0 Å². The molecule has 2 fully saturated rings. The Balaban J connectivity index is 1.63. The van der Waals surface area contributed by atoms with Gasteiger partial charge in [-0.2, -0.15) is 0 Å². The highest BCUT2D eigenvalue weighted by molar-refractivity contribution is 6.10. The number of nitrogens with zero attached hydrogens (tertiary/aromatic N) is 2. The number of hydrogen-bond donors (Lipinski definition) is 0. The lowest BCUT2D eigenvalue weighted by atomic mass is 9.88. The van der Waals surface area contributed by atoms with E-state index >= 15 is 0 Å². The van der Waals surface area contributed by atoms with Crippen molar-refractivity contribution in [2.75, 3.05) is 80.4 Å². The van der Waals surface area contributed by atoms with Crippen LogP contribution in [0, 0.1) is 0 Å². The molecule has 0 saturated carbocycles. The summed E-state index contributed by atoms with van der Waals surface area (Å²) in [5, 5.41) is 4.51. The Kier molecular flexibility index (Phi) is 9.50. The highest BCUT2D eigenvalue weighted by atomic mass is 16.7. The van der Waals surface area contributed by atoms with Gasteiger partial charge in [0.1, 0.15) is 11.5 Å². The van der Waals surface area contributed by atoms with Crippen molar-refractivity contribution in [1.82, 2.24) is 9.80 Å². The Morgan fingerprint density at radius 3 is 1.40 bits per heavy atom. The molecule has 0 aliphatic carbocycles. The molecule has 4 aromatic carbocycles. The smallest absolute Gasteiger partial charge is 0.188 e. The predicted molar refractivity (Wildman–Crippen MR) is 164 cm³/mol. The molecule has 0 atom stereocenters. The van der Waals surface area contributed by atoms with Crippen LogP contribution in [0.2, 0.25) is 0 Å². The van der Waals surface area contributed by atoms with Crippen LogP contribution in [0.25, 0.3) is 32.7 Å². The number of fused-ring (bicyclic) bond motifs is 2. The molecule has 4 aromatic rings. The average Bonchev–Trinajstić information content (AvgIpc) is 3.03. The van der Waals surface area contributed by atoms with Crippen LogP contribution in [0.1, 0.15) is 11.1 Å². The second-order valence-corrected chi connectivity index (χ2v) is 10.8. The molecule has 2 aliphatic rings. The quantitative estimate of drug-likeness (QED) is 0.225. The largest absolute Gasteiger partial charge is 0.467 e. The number of morpholine rings is 2. The van der Waals surface area contributed by atoms with E-state index in [9.17, 15) is 0 Å². The van der Waals surface area contributed by atoms with E-state index in [1.807, 2.05) is 0 Å². The topological polar surface area (TPSA) is 61.9 Å². The Hall–Kier alpha value is -3.24. The van der Waals surface area contributed by atoms with Crippen LogP contribution < -0.4 is 9.47 Å². The third-order valence-electron chi connectivity index (χ3n) is 8.04. The minimum atomic E-state index is 0.140. The standard InChI is InChI=1S/C34H40N2O6/c1-37-23-41-33-27(21-35-11-15-39-16-12-35)19-25-7-3-5-9-29(25)31(33)32-30-10-6-4-8-26(30)20-28(34(32)42-24-38-2)22-36-13-17-40-18-14-36/h3-10,19-20H,11-18,21-24H2,1-2H3. The van der Waals surface area contributed by atoms with Crippen molar-refractivity contribution in [2.45, 2.75) is 13.1 Å². The monoisotopic (exact) mass is 572 g/mol. The van der Waals surface area contributed by atoms with Gasteiger partial charge in [0.15, 0.2) is 13.6 Å². The molecule has 0 amide bonds. The van der Waals surface area contributed by atoms with Gasteiger partial charge >= 0.3 is 0 Å². The van der Waals surface area contributed by atoms with Crippen LogP contribution in [0.5, 0.6) is 11.5 Å². The fourth-order valence-corrected chi connectivity index (χ4v) is 6.07. The number of rotatable bonds is 11. The van der Waals surface area contributed by atoms with Gasteiger partial charge in [-0.1, -0.05) is 48.5 Å². The average molecular weight is 573 g/mol. The minimum absolute atomic E-state index is 0.140. The van der Waals surface area contributed by atoms with Gasteiger partial charge in [-0.15, -0.1) is 0 Å². The van der Waals surface area contributed by atoms with Gasteiger partial charge in [0.2, 0.25) is 0 Å². The molecule has 2 heterocycles. The fourth-order valence-electron chi connectivity index (χ4n) is 6.07. The SMILES string of the molecule is COCOc1c(CN2CCOCC2)cc2ccccc2c1-c1c(OCOC)c(CN2CCOCC2)cc2ccccc12. The highest BCUT2D eigenvalue weighted by Crippen LogP contribution is 2.49. The number of hydrogen-bond acceptors (Lipinski definition) is 8. The molecule has 0 radical (unpaired) electrons. The molecule has 0 spiro atoms. The van der Waals surface area contributed by atoms with Gasteiger partial charge in [0.05, 0.1) is 26.4 Å². The Labute approximate surface area is 247 Å². The molecular formula is C34H40N2O6. The molecule has 0 aromatic heterocycles. The molecule has 0 unspecified atom stereocenters. The van der Waals surface area contributed by atoms with Crippen LogP contribution in [0.4, 0.5) is 0 Å². The van der Waals surface area contributed by atoms with E-state index in [0.717, 1.165) is 121 Å².